The molecule has 0 saturated carbocycles. The first kappa shape index (κ1) is 14.5. The zero-order valence-corrected chi connectivity index (χ0v) is 13.8. The molecule has 112 valence electrons. The Morgan fingerprint density at radius 2 is 2.10 bits per heavy atom. The first-order valence-corrected chi connectivity index (χ1v) is 8.77. The maximum Gasteiger partial charge on any atom is 0.273 e. The fraction of sp³-hybridized carbons (Fsp3) is 0.500. The molecule has 3 heterocycles. The zero-order chi connectivity index (χ0) is 14.8. The normalized spacial score (nSPS) is 16.1. The van der Waals surface area contributed by atoms with Gasteiger partial charge < -0.3 is 9.80 Å². The highest BCUT2D eigenvalue weighted by molar-refractivity contribution is 7.15. The van der Waals surface area contributed by atoms with Crippen LogP contribution in [0.2, 0.25) is 0 Å². The highest BCUT2D eigenvalue weighted by Crippen LogP contribution is 2.26. The molecule has 0 bridgehead atoms. The minimum Gasteiger partial charge on any atom is -0.346 e. The van der Waals surface area contributed by atoms with E-state index in [4.69, 9.17) is 0 Å². The molecule has 0 unspecified atom stereocenters. The van der Waals surface area contributed by atoms with E-state index in [1.165, 1.54) is 16.2 Å². The molecule has 1 aliphatic rings. The first-order valence-electron chi connectivity index (χ1n) is 7.01. The van der Waals surface area contributed by atoms with Crippen LogP contribution in [0.3, 0.4) is 0 Å². The molecule has 2 aromatic heterocycles. The molecule has 0 radical (unpaired) electrons. The smallest absolute Gasteiger partial charge is 0.273 e. The molecule has 2 aromatic rings. The van der Waals surface area contributed by atoms with Gasteiger partial charge in [-0.3, -0.25) is 4.79 Å². The number of nitrogens with zero attached hydrogens (tertiary/aromatic N) is 4. The van der Waals surface area contributed by atoms with Gasteiger partial charge in [0.1, 0.15) is 5.69 Å². The van der Waals surface area contributed by atoms with Gasteiger partial charge in [0.15, 0.2) is 5.13 Å². The molecule has 1 fully saturated rings. The number of amides is 1. The predicted octanol–water partition coefficient (Wildman–Crippen LogP) is 2.57. The summed E-state index contributed by atoms with van der Waals surface area (Å²) in [5.41, 5.74) is 3.38. The molecule has 0 atom stereocenters. The van der Waals surface area contributed by atoms with Crippen LogP contribution < -0.4 is 4.90 Å². The topological polar surface area (TPSA) is 49.3 Å². The fourth-order valence-corrected chi connectivity index (χ4v) is 3.87. The van der Waals surface area contributed by atoms with Crippen molar-refractivity contribution in [1.82, 2.24) is 14.9 Å². The largest absolute Gasteiger partial charge is 0.346 e. The Morgan fingerprint density at radius 3 is 2.76 bits per heavy atom. The summed E-state index contributed by atoms with van der Waals surface area (Å²) in [5, 5.41) is 2.89. The van der Waals surface area contributed by atoms with Gasteiger partial charge in [-0.15, -0.1) is 22.7 Å². The van der Waals surface area contributed by atoms with Crippen LogP contribution in [0.5, 0.6) is 0 Å². The van der Waals surface area contributed by atoms with Crippen molar-refractivity contribution >= 4 is 33.7 Å². The molecule has 1 saturated heterocycles. The van der Waals surface area contributed by atoms with Crippen LogP contribution in [0, 0.1) is 13.8 Å². The van der Waals surface area contributed by atoms with Crippen molar-refractivity contribution in [3.05, 3.63) is 27.2 Å². The van der Waals surface area contributed by atoms with Crippen molar-refractivity contribution in [3.8, 4) is 0 Å². The van der Waals surface area contributed by atoms with Crippen molar-refractivity contribution in [3.63, 3.8) is 0 Å². The van der Waals surface area contributed by atoms with Gasteiger partial charge >= 0.3 is 0 Å². The van der Waals surface area contributed by atoms with E-state index in [-0.39, 0.29) is 5.91 Å². The lowest BCUT2D eigenvalue weighted by Crippen LogP contribution is -2.35. The van der Waals surface area contributed by atoms with E-state index in [1.807, 2.05) is 17.2 Å². The summed E-state index contributed by atoms with van der Waals surface area (Å²) in [6.07, 6.45) is 0.966. The van der Waals surface area contributed by atoms with Gasteiger partial charge in [0.25, 0.3) is 5.91 Å². The summed E-state index contributed by atoms with van der Waals surface area (Å²) in [4.78, 5) is 26.6. The number of rotatable bonds is 2. The molecule has 1 amide bonds. The molecule has 7 heteroatoms. The van der Waals surface area contributed by atoms with E-state index in [0.29, 0.717) is 5.69 Å². The number of aryl methyl sites for hydroxylation is 2. The van der Waals surface area contributed by atoms with Crippen LogP contribution in [-0.2, 0) is 0 Å². The summed E-state index contributed by atoms with van der Waals surface area (Å²) in [7, 11) is 0. The van der Waals surface area contributed by atoms with Gasteiger partial charge in [-0.2, -0.15) is 0 Å². The summed E-state index contributed by atoms with van der Waals surface area (Å²) in [6, 6.07) is 0. The van der Waals surface area contributed by atoms with Crippen molar-refractivity contribution in [2.24, 2.45) is 0 Å². The third kappa shape index (κ3) is 3.08. The second-order valence-electron chi connectivity index (χ2n) is 5.14. The van der Waals surface area contributed by atoms with Crippen molar-refractivity contribution < 1.29 is 4.79 Å². The molecule has 0 N–H and O–H groups in total. The van der Waals surface area contributed by atoms with Crippen LogP contribution in [0.4, 0.5) is 5.13 Å². The number of carbonyl (C=O) groups is 1. The van der Waals surface area contributed by atoms with Crippen LogP contribution >= 0.6 is 22.7 Å². The van der Waals surface area contributed by atoms with Gasteiger partial charge in [-0.05, 0) is 20.3 Å². The molecule has 21 heavy (non-hydrogen) atoms. The summed E-state index contributed by atoms with van der Waals surface area (Å²) < 4.78 is 0. The highest BCUT2D eigenvalue weighted by Gasteiger charge is 2.22. The van der Waals surface area contributed by atoms with Crippen LogP contribution in [0.15, 0.2) is 10.9 Å². The molecular formula is C14H18N4OS2. The predicted molar refractivity (Wildman–Crippen MR) is 86.4 cm³/mol. The molecule has 3 rings (SSSR count). The Labute approximate surface area is 132 Å². The SMILES string of the molecule is Cc1nc(N2CCCN(C(=O)c3cscn3)CC2)sc1C. The summed E-state index contributed by atoms with van der Waals surface area (Å²) >= 11 is 3.20. The maximum atomic E-state index is 12.4. The standard InChI is InChI=1S/C14H18N4OS2/c1-10-11(2)21-14(16-10)18-5-3-4-17(6-7-18)13(19)12-8-20-9-15-12/h8-9H,3-7H2,1-2H3. The van der Waals surface area contributed by atoms with Crippen LogP contribution in [0.1, 0.15) is 27.5 Å². The lowest BCUT2D eigenvalue weighted by Gasteiger charge is -2.21. The number of hydrogen-bond donors (Lipinski definition) is 0. The second-order valence-corrected chi connectivity index (χ2v) is 7.04. The lowest BCUT2D eigenvalue weighted by molar-refractivity contribution is 0.0762. The molecule has 1 aliphatic heterocycles. The highest BCUT2D eigenvalue weighted by atomic mass is 32.1. The van der Waals surface area contributed by atoms with Crippen molar-refractivity contribution in [2.75, 3.05) is 31.1 Å². The van der Waals surface area contributed by atoms with E-state index in [9.17, 15) is 4.79 Å². The summed E-state index contributed by atoms with van der Waals surface area (Å²) in [6.45, 7) is 7.46. The third-order valence-corrected chi connectivity index (χ3v) is 5.44. The van der Waals surface area contributed by atoms with E-state index >= 15 is 0 Å². The molecule has 0 aliphatic carbocycles. The van der Waals surface area contributed by atoms with Crippen molar-refractivity contribution in [1.29, 1.82) is 0 Å². The maximum absolute atomic E-state index is 12.4. The van der Waals surface area contributed by atoms with E-state index in [1.54, 1.807) is 16.8 Å². The first-order chi connectivity index (χ1) is 10.1. The van der Waals surface area contributed by atoms with Gasteiger partial charge in [-0.1, -0.05) is 0 Å². The van der Waals surface area contributed by atoms with Gasteiger partial charge in [0.05, 0.1) is 11.2 Å². The number of aromatic nitrogens is 2. The fourth-order valence-electron chi connectivity index (χ4n) is 2.38. The van der Waals surface area contributed by atoms with Gasteiger partial charge in [0, 0.05) is 36.4 Å². The minimum atomic E-state index is 0.0459. The van der Waals surface area contributed by atoms with Gasteiger partial charge in [-0.25, -0.2) is 9.97 Å². The Balaban J connectivity index is 1.68. The van der Waals surface area contributed by atoms with E-state index in [2.05, 4.69) is 21.8 Å². The Kier molecular flexibility index (Phi) is 4.21. The quantitative estimate of drug-likeness (QED) is 0.853. The Hall–Kier alpha value is -1.47. The average Bonchev–Trinajstić information content (AvgIpc) is 3.03. The molecular weight excluding hydrogens is 304 g/mol. The Bertz CT molecular complexity index is 603. The minimum absolute atomic E-state index is 0.0459. The van der Waals surface area contributed by atoms with Crippen molar-refractivity contribution in [2.45, 2.75) is 20.3 Å². The second kappa shape index (κ2) is 6.11. The Morgan fingerprint density at radius 1 is 1.24 bits per heavy atom. The van der Waals surface area contributed by atoms with E-state index in [0.717, 1.165) is 43.4 Å². The average molecular weight is 322 g/mol. The van der Waals surface area contributed by atoms with Gasteiger partial charge in [0.2, 0.25) is 0 Å². The number of carbonyl (C=O) groups excluding carboxylic acids is 1. The molecule has 0 spiro atoms. The monoisotopic (exact) mass is 322 g/mol. The summed E-state index contributed by atoms with van der Waals surface area (Å²) in [5.74, 6) is 0.0459. The van der Waals surface area contributed by atoms with Crippen LogP contribution in [-0.4, -0.2) is 47.0 Å². The third-order valence-electron chi connectivity index (χ3n) is 3.72. The van der Waals surface area contributed by atoms with E-state index < -0.39 is 0 Å². The number of anilines is 1. The lowest BCUT2D eigenvalue weighted by atomic mass is 10.3. The molecule has 0 aromatic carbocycles. The molecule has 5 nitrogen and oxygen atoms in total. The number of thiazole rings is 2. The number of hydrogen-bond acceptors (Lipinski definition) is 6. The zero-order valence-electron chi connectivity index (χ0n) is 12.2. The van der Waals surface area contributed by atoms with Crippen LogP contribution in [0.25, 0.3) is 0 Å².